The van der Waals surface area contributed by atoms with Gasteiger partial charge >= 0.3 is 0 Å². The molecule has 6 nitrogen and oxygen atoms in total. The number of benzene rings is 1. The molecule has 3 rings (SSSR count). The molecule has 124 valence electrons. The molecule has 1 amide bonds. The number of hydrogen-bond acceptors (Lipinski definition) is 5. The Kier molecular flexibility index (Phi) is 5.76. The van der Waals surface area contributed by atoms with E-state index in [4.69, 9.17) is 9.15 Å². The van der Waals surface area contributed by atoms with Crippen LogP contribution in [0.15, 0.2) is 41.3 Å². The number of methoxy groups -OCH3 is 1. The van der Waals surface area contributed by atoms with Crippen LogP contribution in [0.4, 0.5) is 5.69 Å². The van der Waals surface area contributed by atoms with E-state index < -0.39 is 5.60 Å². The van der Waals surface area contributed by atoms with Crippen molar-refractivity contribution in [1.82, 2.24) is 10.3 Å². The maximum Gasteiger partial charge on any atom is 0.256 e. The van der Waals surface area contributed by atoms with E-state index in [1.54, 1.807) is 13.3 Å². The Morgan fingerprint density at radius 1 is 1.39 bits per heavy atom. The molecule has 0 aliphatic carbocycles. The van der Waals surface area contributed by atoms with Gasteiger partial charge in [0.25, 0.3) is 5.91 Å². The molecule has 0 atom stereocenters. The molecule has 23 heavy (non-hydrogen) atoms. The average molecular weight is 338 g/mol. The van der Waals surface area contributed by atoms with Gasteiger partial charge < -0.3 is 19.8 Å². The standard InChI is InChI=1S/C16H19N3O3.ClH/c1-21-16(5-7-17-8-6-16)15(20)19-13-4-2-3-12(9-13)14-10-18-11-22-14;/h2-4,9-11,17H,5-8H2,1H3,(H,19,20);1H. The number of hydrogen-bond donors (Lipinski definition) is 2. The highest BCUT2D eigenvalue weighted by Gasteiger charge is 2.39. The molecule has 1 saturated heterocycles. The smallest absolute Gasteiger partial charge is 0.256 e. The van der Waals surface area contributed by atoms with Crippen LogP contribution < -0.4 is 10.6 Å². The molecule has 1 aromatic carbocycles. The van der Waals surface area contributed by atoms with Gasteiger partial charge in [-0.1, -0.05) is 12.1 Å². The summed E-state index contributed by atoms with van der Waals surface area (Å²) >= 11 is 0. The largest absolute Gasteiger partial charge is 0.444 e. The second-order valence-corrected chi connectivity index (χ2v) is 5.35. The van der Waals surface area contributed by atoms with Crippen LogP contribution in [-0.2, 0) is 9.53 Å². The van der Waals surface area contributed by atoms with Gasteiger partial charge in [0.15, 0.2) is 12.2 Å². The number of nitrogens with zero attached hydrogens (tertiary/aromatic N) is 1. The molecule has 2 N–H and O–H groups in total. The highest BCUT2D eigenvalue weighted by molar-refractivity contribution is 5.97. The number of oxazole rings is 1. The molecule has 2 heterocycles. The topological polar surface area (TPSA) is 76.4 Å². The zero-order valence-electron chi connectivity index (χ0n) is 12.9. The number of carbonyl (C=O) groups excluding carboxylic acids is 1. The number of halogens is 1. The predicted octanol–water partition coefficient (Wildman–Crippen LogP) is 2.47. The normalized spacial score (nSPS) is 16.4. The van der Waals surface area contributed by atoms with Gasteiger partial charge in [-0.05, 0) is 38.1 Å². The summed E-state index contributed by atoms with van der Waals surface area (Å²) in [5.41, 5.74) is 0.828. The van der Waals surface area contributed by atoms with Crippen molar-refractivity contribution in [3.05, 3.63) is 36.9 Å². The first kappa shape index (κ1) is 17.5. The van der Waals surface area contributed by atoms with E-state index in [-0.39, 0.29) is 18.3 Å². The van der Waals surface area contributed by atoms with Crippen molar-refractivity contribution in [3.63, 3.8) is 0 Å². The molecule has 0 radical (unpaired) electrons. The minimum absolute atomic E-state index is 0. The Balaban J connectivity index is 0.00000192. The van der Waals surface area contributed by atoms with E-state index >= 15 is 0 Å². The van der Waals surface area contributed by atoms with Crippen LogP contribution in [0, 0.1) is 0 Å². The molecule has 0 saturated carbocycles. The summed E-state index contributed by atoms with van der Waals surface area (Å²) in [5, 5.41) is 6.19. The first-order valence-electron chi connectivity index (χ1n) is 7.30. The first-order chi connectivity index (χ1) is 10.7. The van der Waals surface area contributed by atoms with Crippen LogP contribution in [0.2, 0.25) is 0 Å². The molecule has 0 bridgehead atoms. The van der Waals surface area contributed by atoms with Gasteiger partial charge in [-0.15, -0.1) is 12.4 Å². The quantitative estimate of drug-likeness (QED) is 0.896. The highest BCUT2D eigenvalue weighted by Crippen LogP contribution is 2.26. The SMILES string of the molecule is COC1(C(=O)Nc2cccc(-c3cnco3)c2)CCNCC1.Cl. The second kappa shape index (κ2) is 7.59. The summed E-state index contributed by atoms with van der Waals surface area (Å²) in [6.45, 7) is 1.55. The molecule has 1 aliphatic rings. The van der Waals surface area contributed by atoms with Crippen molar-refractivity contribution >= 4 is 24.0 Å². The lowest BCUT2D eigenvalue weighted by Crippen LogP contribution is -2.51. The predicted molar refractivity (Wildman–Crippen MR) is 89.7 cm³/mol. The fraction of sp³-hybridized carbons (Fsp3) is 0.375. The van der Waals surface area contributed by atoms with Crippen molar-refractivity contribution in [2.45, 2.75) is 18.4 Å². The summed E-state index contributed by atoms with van der Waals surface area (Å²) in [5.74, 6) is 0.561. The van der Waals surface area contributed by atoms with Gasteiger partial charge in [-0.2, -0.15) is 0 Å². The van der Waals surface area contributed by atoms with Crippen LogP contribution in [0.3, 0.4) is 0 Å². The van der Waals surface area contributed by atoms with E-state index in [0.29, 0.717) is 24.3 Å². The van der Waals surface area contributed by atoms with Gasteiger partial charge in [0, 0.05) is 18.4 Å². The summed E-state index contributed by atoms with van der Waals surface area (Å²) in [6.07, 6.45) is 4.36. The Morgan fingerprint density at radius 3 is 2.83 bits per heavy atom. The number of carbonyl (C=O) groups is 1. The summed E-state index contributed by atoms with van der Waals surface area (Å²) in [4.78, 5) is 16.5. The molecule has 0 spiro atoms. The summed E-state index contributed by atoms with van der Waals surface area (Å²) < 4.78 is 10.8. The zero-order valence-corrected chi connectivity index (χ0v) is 13.7. The number of amides is 1. The molecule has 7 heteroatoms. The molecule has 2 aromatic rings. The Hall–Kier alpha value is -1.89. The summed E-state index contributed by atoms with van der Waals surface area (Å²) in [7, 11) is 1.59. The molecule has 1 aromatic heterocycles. The number of ether oxygens (including phenoxy) is 1. The first-order valence-corrected chi connectivity index (χ1v) is 7.30. The van der Waals surface area contributed by atoms with E-state index in [9.17, 15) is 4.79 Å². The third-order valence-corrected chi connectivity index (χ3v) is 4.05. The molecular formula is C16H20ClN3O3. The van der Waals surface area contributed by atoms with Crippen molar-refractivity contribution in [1.29, 1.82) is 0 Å². The van der Waals surface area contributed by atoms with Gasteiger partial charge in [-0.25, -0.2) is 4.98 Å². The maximum atomic E-state index is 12.6. The van der Waals surface area contributed by atoms with Gasteiger partial charge in [0.1, 0.15) is 5.60 Å². The lowest BCUT2D eigenvalue weighted by Gasteiger charge is -2.34. The Bertz CT molecular complexity index is 640. The fourth-order valence-electron chi connectivity index (χ4n) is 2.71. The molecular weight excluding hydrogens is 318 g/mol. The number of rotatable bonds is 4. The van der Waals surface area contributed by atoms with E-state index in [0.717, 1.165) is 18.7 Å². The monoisotopic (exact) mass is 337 g/mol. The second-order valence-electron chi connectivity index (χ2n) is 5.35. The van der Waals surface area contributed by atoms with Crippen molar-refractivity contribution in [3.8, 4) is 11.3 Å². The number of aromatic nitrogens is 1. The van der Waals surface area contributed by atoms with Crippen molar-refractivity contribution in [2.24, 2.45) is 0 Å². The van der Waals surface area contributed by atoms with Gasteiger partial charge in [0.05, 0.1) is 6.20 Å². The van der Waals surface area contributed by atoms with Crippen LogP contribution >= 0.6 is 12.4 Å². The van der Waals surface area contributed by atoms with Gasteiger partial charge in [-0.3, -0.25) is 4.79 Å². The van der Waals surface area contributed by atoms with Crippen LogP contribution in [0.25, 0.3) is 11.3 Å². The Labute approximate surface area is 141 Å². The molecule has 0 unspecified atom stereocenters. The lowest BCUT2D eigenvalue weighted by atomic mass is 9.91. The van der Waals surface area contributed by atoms with Crippen molar-refractivity contribution in [2.75, 3.05) is 25.5 Å². The minimum Gasteiger partial charge on any atom is -0.444 e. The number of anilines is 1. The average Bonchev–Trinajstić information content (AvgIpc) is 3.10. The van der Waals surface area contributed by atoms with Crippen LogP contribution in [0.1, 0.15) is 12.8 Å². The molecule has 1 aliphatic heterocycles. The molecule has 1 fully saturated rings. The van der Waals surface area contributed by atoms with E-state index in [1.165, 1.54) is 6.39 Å². The third-order valence-electron chi connectivity index (χ3n) is 4.05. The summed E-state index contributed by atoms with van der Waals surface area (Å²) in [6, 6.07) is 7.49. The Morgan fingerprint density at radius 2 is 2.17 bits per heavy atom. The van der Waals surface area contributed by atoms with E-state index in [1.807, 2.05) is 24.3 Å². The minimum atomic E-state index is -0.756. The van der Waals surface area contributed by atoms with Crippen LogP contribution in [-0.4, -0.2) is 36.7 Å². The van der Waals surface area contributed by atoms with E-state index in [2.05, 4.69) is 15.6 Å². The maximum absolute atomic E-state index is 12.6. The number of piperidine rings is 1. The zero-order chi connectivity index (χ0) is 15.4. The highest BCUT2D eigenvalue weighted by atomic mass is 35.5. The van der Waals surface area contributed by atoms with Gasteiger partial charge in [0.2, 0.25) is 0 Å². The lowest BCUT2D eigenvalue weighted by molar-refractivity contribution is -0.140. The van der Waals surface area contributed by atoms with Crippen molar-refractivity contribution < 1.29 is 13.9 Å². The third kappa shape index (κ3) is 3.72. The van der Waals surface area contributed by atoms with Crippen LogP contribution in [0.5, 0.6) is 0 Å². The number of nitrogens with one attached hydrogen (secondary N) is 2. The fourth-order valence-corrected chi connectivity index (χ4v) is 2.71.